The molecule has 1 atom stereocenters. The highest BCUT2D eigenvalue weighted by Crippen LogP contribution is 2.10. The predicted octanol–water partition coefficient (Wildman–Crippen LogP) is 1.76. The van der Waals surface area contributed by atoms with E-state index in [4.69, 9.17) is 14.3 Å². The van der Waals surface area contributed by atoms with E-state index < -0.39 is 11.9 Å². The van der Waals surface area contributed by atoms with E-state index in [0.29, 0.717) is 19.4 Å². The Morgan fingerprint density at radius 2 is 2.32 bits per heavy atom. The van der Waals surface area contributed by atoms with Gasteiger partial charge in [0.15, 0.2) is 5.69 Å². The first-order valence-corrected chi connectivity index (χ1v) is 6.14. The molecule has 0 amide bonds. The second kappa shape index (κ2) is 7.40. The second-order valence-electron chi connectivity index (χ2n) is 4.07. The van der Waals surface area contributed by atoms with Crippen molar-refractivity contribution in [1.29, 1.82) is 0 Å². The summed E-state index contributed by atoms with van der Waals surface area (Å²) in [5, 5.41) is 11.6. The molecule has 0 aromatic carbocycles. The molecule has 0 aliphatic carbocycles. The molecule has 0 saturated heterocycles. The van der Waals surface area contributed by atoms with Gasteiger partial charge in [0.2, 0.25) is 0 Å². The highest BCUT2D eigenvalue weighted by molar-refractivity contribution is 5.87. The molecule has 0 fully saturated rings. The first kappa shape index (κ1) is 15.0. The number of ether oxygens (including phenoxy) is 1. The maximum atomic E-state index is 11.3. The average Bonchev–Trinajstić information content (AvgIpc) is 2.83. The summed E-state index contributed by atoms with van der Waals surface area (Å²) in [6, 6.07) is 0.228. The first-order valence-electron chi connectivity index (χ1n) is 6.14. The fourth-order valence-corrected chi connectivity index (χ4v) is 1.38. The van der Waals surface area contributed by atoms with Gasteiger partial charge in [-0.1, -0.05) is 6.92 Å². The van der Waals surface area contributed by atoms with Crippen LogP contribution in [0.1, 0.15) is 37.2 Å². The van der Waals surface area contributed by atoms with Gasteiger partial charge in [0.1, 0.15) is 6.26 Å². The number of anilines is 1. The molecule has 0 bridgehead atoms. The maximum absolute atomic E-state index is 11.3. The third-order valence-electron chi connectivity index (χ3n) is 2.50. The van der Waals surface area contributed by atoms with Crippen molar-refractivity contribution in [3.05, 3.63) is 12.0 Å². The Morgan fingerprint density at radius 3 is 2.95 bits per heavy atom. The minimum absolute atomic E-state index is 0.114. The molecular weight excluding hydrogens is 252 g/mol. The minimum Gasteiger partial charge on any atom is -0.481 e. The van der Waals surface area contributed by atoms with E-state index in [-0.39, 0.29) is 24.2 Å². The first-order chi connectivity index (χ1) is 9.04. The van der Waals surface area contributed by atoms with Crippen LogP contribution < -0.4 is 5.32 Å². The van der Waals surface area contributed by atoms with Gasteiger partial charge >= 0.3 is 11.9 Å². The van der Waals surface area contributed by atoms with Crippen LogP contribution in [-0.2, 0) is 9.53 Å². The molecule has 0 aliphatic rings. The van der Waals surface area contributed by atoms with Crippen LogP contribution in [0.25, 0.3) is 0 Å². The summed E-state index contributed by atoms with van der Waals surface area (Å²) in [5.74, 6) is -1.71. The summed E-state index contributed by atoms with van der Waals surface area (Å²) in [6.45, 7) is 4.18. The van der Waals surface area contributed by atoms with Crippen molar-refractivity contribution in [2.75, 3.05) is 18.5 Å². The number of carboxylic acids is 1. The quantitative estimate of drug-likeness (QED) is 0.548. The maximum Gasteiger partial charge on any atom is 0.360 e. The lowest BCUT2D eigenvalue weighted by molar-refractivity contribution is -0.141. The summed E-state index contributed by atoms with van der Waals surface area (Å²) < 4.78 is 9.82. The van der Waals surface area contributed by atoms with Gasteiger partial charge in [-0.05, 0) is 19.8 Å². The molecule has 1 unspecified atom stereocenters. The van der Waals surface area contributed by atoms with Crippen LogP contribution in [0.3, 0.4) is 0 Å². The van der Waals surface area contributed by atoms with Crippen LogP contribution in [0.4, 0.5) is 6.01 Å². The van der Waals surface area contributed by atoms with E-state index in [0.717, 1.165) is 0 Å². The van der Waals surface area contributed by atoms with Crippen LogP contribution in [0, 0.1) is 5.92 Å². The predicted molar refractivity (Wildman–Crippen MR) is 67.0 cm³/mol. The third kappa shape index (κ3) is 4.99. The number of nitrogens with one attached hydrogen (secondary N) is 1. The Kier molecular flexibility index (Phi) is 5.84. The van der Waals surface area contributed by atoms with E-state index in [2.05, 4.69) is 10.3 Å². The third-order valence-corrected chi connectivity index (χ3v) is 2.50. The molecule has 19 heavy (non-hydrogen) atoms. The van der Waals surface area contributed by atoms with Gasteiger partial charge in [-0.3, -0.25) is 4.79 Å². The van der Waals surface area contributed by atoms with Crippen molar-refractivity contribution >= 4 is 18.0 Å². The summed E-state index contributed by atoms with van der Waals surface area (Å²) in [4.78, 5) is 25.8. The Hall–Kier alpha value is -2.05. The van der Waals surface area contributed by atoms with Crippen molar-refractivity contribution < 1.29 is 23.8 Å². The number of carbonyl (C=O) groups is 2. The zero-order valence-electron chi connectivity index (χ0n) is 11.0. The summed E-state index contributed by atoms with van der Waals surface area (Å²) in [7, 11) is 0. The number of hydrogen-bond donors (Lipinski definition) is 2. The van der Waals surface area contributed by atoms with Gasteiger partial charge in [0, 0.05) is 6.54 Å². The molecule has 7 heteroatoms. The topological polar surface area (TPSA) is 102 Å². The molecule has 2 N–H and O–H groups in total. The van der Waals surface area contributed by atoms with Crippen LogP contribution in [0.5, 0.6) is 0 Å². The second-order valence-corrected chi connectivity index (χ2v) is 4.07. The van der Waals surface area contributed by atoms with Gasteiger partial charge < -0.3 is 19.6 Å². The zero-order valence-corrected chi connectivity index (χ0v) is 11.0. The Bertz CT molecular complexity index is 430. The van der Waals surface area contributed by atoms with E-state index in [1.807, 2.05) is 0 Å². The van der Waals surface area contributed by atoms with Crippen molar-refractivity contribution in [3.63, 3.8) is 0 Å². The van der Waals surface area contributed by atoms with E-state index in [1.54, 1.807) is 13.8 Å². The number of esters is 1. The van der Waals surface area contributed by atoms with Gasteiger partial charge in [-0.25, -0.2) is 4.79 Å². The lowest BCUT2D eigenvalue weighted by atomic mass is 10.1. The van der Waals surface area contributed by atoms with Gasteiger partial charge in [0.25, 0.3) is 6.01 Å². The van der Waals surface area contributed by atoms with Crippen molar-refractivity contribution in [3.8, 4) is 0 Å². The van der Waals surface area contributed by atoms with Crippen molar-refractivity contribution in [2.24, 2.45) is 5.92 Å². The largest absolute Gasteiger partial charge is 0.481 e. The fourth-order valence-electron chi connectivity index (χ4n) is 1.38. The average molecular weight is 270 g/mol. The number of oxazole rings is 1. The molecule has 1 rings (SSSR count). The molecule has 0 spiro atoms. The molecule has 0 aliphatic heterocycles. The molecule has 0 saturated carbocycles. The Balaban J connectivity index is 2.30. The minimum atomic E-state index is -0.805. The molecule has 7 nitrogen and oxygen atoms in total. The number of carboxylic acid groups (broad SMARTS) is 1. The lowest BCUT2D eigenvalue weighted by Crippen LogP contribution is -2.11. The molecule has 1 aromatic heterocycles. The van der Waals surface area contributed by atoms with Gasteiger partial charge in [0.05, 0.1) is 12.5 Å². The lowest BCUT2D eigenvalue weighted by Gasteiger charge is -2.05. The summed E-state index contributed by atoms with van der Waals surface area (Å²) in [5.41, 5.74) is 0.114. The molecule has 1 aromatic rings. The number of aliphatic carboxylic acids is 1. The zero-order chi connectivity index (χ0) is 14.3. The molecule has 0 radical (unpaired) electrons. The fraction of sp³-hybridized carbons (Fsp3) is 0.583. The number of carbonyl (C=O) groups excluding carboxylic acids is 1. The smallest absolute Gasteiger partial charge is 0.360 e. The Morgan fingerprint density at radius 1 is 1.58 bits per heavy atom. The van der Waals surface area contributed by atoms with E-state index in [9.17, 15) is 9.59 Å². The van der Waals surface area contributed by atoms with Crippen LogP contribution in [0.2, 0.25) is 0 Å². The van der Waals surface area contributed by atoms with Crippen molar-refractivity contribution in [1.82, 2.24) is 4.98 Å². The van der Waals surface area contributed by atoms with E-state index >= 15 is 0 Å². The standard InChI is InChI=1S/C12H18N2O5/c1-3-18-11(17)9-7-19-12(14-9)13-6-4-5-8(2)10(15)16/h7-8H,3-6H2,1-2H3,(H,13,14)(H,15,16). The highest BCUT2D eigenvalue weighted by atomic mass is 16.5. The van der Waals surface area contributed by atoms with E-state index in [1.165, 1.54) is 6.26 Å². The highest BCUT2D eigenvalue weighted by Gasteiger charge is 2.13. The van der Waals surface area contributed by atoms with Gasteiger partial charge in [-0.15, -0.1) is 0 Å². The molecule has 1 heterocycles. The number of rotatable bonds is 8. The summed E-state index contributed by atoms with van der Waals surface area (Å²) in [6.07, 6.45) is 2.46. The molecule has 106 valence electrons. The van der Waals surface area contributed by atoms with Crippen LogP contribution >= 0.6 is 0 Å². The summed E-state index contributed by atoms with van der Waals surface area (Å²) >= 11 is 0. The van der Waals surface area contributed by atoms with Crippen LogP contribution in [0.15, 0.2) is 10.7 Å². The number of hydrogen-bond acceptors (Lipinski definition) is 6. The number of aromatic nitrogens is 1. The number of nitrogens with zero attached hydrogens (tertiary/aromatic N) is 1. The SMILES string of the molecule is CCOC(=O)c1coc(NCCCC(C)C(=O)O)n1. The Labute approximate surface area is 111 Å². The van der Waals surface area contributed by atoms with Gasteiger partial charge in [-0.2, -0.15) is 4.98 Å². The normalized spacial score (nSPS) is 11.9. The van der Waals surface area contributed by atoms with Crippen LogP contribution in [-0.4, -0.2) is 35.2 Å². The monoisotopic (exact) mass is 270 g/mol. The molecular formula is C12H18N2O5. The van der Waals surface area contributed by atoms with Crippen molar-refractivity contribution in [2.45, 2.75) is 26.7 Å².